The summed E-state index contributed by atoms with van der Waals surface area (Å²) in [5.74, 6) is 1.56. The number of nitrogens with one attached hydrogen (secondary N) is 1. The predicted octanol–water partition coefficient (Wildman–Crippen LogP) is 8.68. The number of hydrazone groups is 1. The summed E-state index contributed by atoms with van der Waals surface area (Å²) in [6.45, 7) is 0. The van der Waals surface area contributed by atoms with Crippen molar-refractivity contribution in [3.63, 3.8) is 0 Å². The Bertz CT molecular complexity index is 2070. The number of non-ortho nitro benzene ring substituents is 1. The van der Waals surface area contributed by atoms with Gasteiger partial charge in [0.1, 0.15) is 46.5 Å². The number of nitro groups is 2. The molecule has 5 aromatic carbocycles. The lowest BCUT2D eigenvalue weighted by atomic mass is 10.1. The third-order valence-corrected chi connectivity index (χ3v) is 12.4. The molecule has 6 rings (SSSR count). The van der Waals surface area contributed by atoms with E-state index in [1.165, 1.54) is 28.0 Å². The molecule has 1 aromatic heterocycles. The van der Waals surface area contributed by atoms with E-state index in [0.717, 1.165) is 17.4 Å². The maximum absolute atomic E-state index is 11.6. The summed E-state index contributed by atoms with van der Waals surface area (Å²) in [5, 5.41) is 31.0. The van der Waals surface area contributed by atoms with E-state index in [0.29, 0.717) is 17.6 Å². The molecule has 0 spiro atoms. The molecule has 0 aliphatic carbocycles. The number of hydrogen-bond acceptors (Lipinski definition) is 7. The Morgan fingerprint density at radius 2 is 1.24 bits per heavy atom. The highest BCUT2D eigenvalue weighted by molar-refractivity contribution is 7.95. The third kappa shape index (κ3) is 7.65. The van der Waals surface area contributed by atoms with Crippen molar-refractivity contribution in [2.45, 2.75) is 6.16 Å². The molecule has 0 radical (unpaired) electrons. The van der Waals surface area contributed by atoms with Crippen molar-refractivity contribution in [3.8, 4) is 0 Å². The molecule has 0 unspecified atom stereocenters. The molecule has 10 heteroatoms. The van der Waals surface area contributed by atoms with Gasteiger partial charge in [0.15, 0.2) is 0 Å². The molecule has 1 heterocycles. The minimum Gasteiger partial charge on any atom is -0.458 e. The summed E-state index contributed by atoms with van der Waals surface area (Å²) in [4.78, 5) is 21.4. The van der Waals surface area contributed by atoms with Crippen LogP contribution in [0.3, 0.4) is 0 Å². The first-order valence-corrected chi connectivity index (χ1v) is 17.7. The zero-order chi connectivity index (χ0) is 34.8. The normalized spacial score (nSPS) is 12.0. The maximum atomic E-state index is 11.6. The molecule has 1 N–H and O–H groups in total. The standard InChI is InChI=1S/C40H32N4O5P/c45-43(46)32-25-28-39(40(29-32)44(47)48)42-41-38(31-15-5-1-6-16-31)24-14-13-17-33-26-27-34(49-33)30-50(35-18-7-2-8-19-35,36-20-9-3-10-21-36)37-22-11-4-12-23-37/h1-29,42H,30H2/q+1. The zero-order valence-corrected chi connectivity index (χ0v) is 27.7. The Labute approximate surface area is 289 Å². The Morgan fingerprint density at radius 3 is 1.78 bits per heavy atom. The van der Waals surface area contributed by atoms with Crippen molar-refractivity contribution in [3.05, 3.63) is 207 Å². The van der Waals surface area contributed by atoms with Gasteiger partial charge in [-0.2, -0.15) is 5.10 Å². The van der Waals surface area contributed by atoms with Crippen molar-refractivity contribution in [1.29, 1.82) is 0 Å². The highest BCUT2D eigenvalue weighted by Gasteiger charge is 2.46. The number of hydrogen-bond donors (Lipinski definition) is 1. The number of nitrogens with zero attached hydrogens (tertiary/aromatic N) is 3. The van der Waals surface area contributed by atoms with E-state index in [-0.39, 0.29) is 11.4 Å². The second-order valence-electron chi connectivity index (χ2n) is 11.2. The molecule has 0 amide bonds. The minimum absolute atomic E-state index is 0.0292. The van der Waals surface area contributed by atoms with Gasteiger partial charge in [-0.25, -0.2) is 0 Å². The van der Waals surface area contributed by atoms with Crippen molar-refractivity contribution < 1.29 is 14.3 Å². The van der Waals surface area contributed by atoms with Gasteiger partial charge >= 0.3 is 5.69 Å². The molecule has 6 aromatic rings. The van der Waals surface area contributed by atoms with Gasteiger partial charge in [0.25, 0.3) is 5.69 Å². The first-order chi connectivity index (χ1) is 24.4. The van der Waals surface area contributed by atoms with Crippen LogP contribution in [0.5, 0.6) is 0 Å². The van der Waals surface area contributed by atoms with Gasteiger partial charge in [0, 0.05) is 11.6 Å². The van der Waals surface area contributed by atoms with Crippen LogP contribution >= 0.6 is 7.26 Å². The van der Waals surface area contributed by atoms with Gasteiger partial charge < -0.3 is 4.42 Å². The van der Waals surface area contributed by atoms with Crippen molar-refractivity contribution >= 4 is 52.0 Å². The molecule has 9 nitrogen and oxygen atoms in total. The van der Waals surface area contributed by atoms with Crippen LogP contribution in [0.2, 0.25) is 0 Å². The first-order valence-electron chi connectivity index (χ1n) is 15.7. The number of furan rings is 1. The van der Waals surface area contributed by atoms with E-state index >= 15 is 0 Å². The fourth-order valence-corrected chi connectivity index (χ4v) is 9.80. The third-order valence-electron chi connectivity index (χ3n) is 8.05. The number of allylic oxidation sites excluding steroid dienone is 3. The van der Waals surface area contributed by atoms with E-state index < -0.39 is 22.8 Å². The summed E-state index contributed by atoms with van der Waals surface area (Å²) < 4.78 is 6.42. The van der Waals surface area contributed by atoms with Gasteiger partial charge in [-0.05, 0) is 66.7 Å². The van der Waals surface area contributed by atoms with E-state index in [1.54, 1.807) is 12.2 Å². The van der Waals surface area contributed by atoms with E-state index in [4.69, 9.17) is 4.42 Å². The molecule has 0 atom stereocenters. The van der Waals surface area contributed by atoms with Gasteiger partial charge in [-0.15, -0.1) is 0 Å². The zero-order valence-electron chi connectivity index (χ0n) is 26.8. The Morgan fingerprint density at radius 1 is 0.680 bits per heavy atom. The highest BCUT2D eigenvalue weighted by atomic mass is 31.2. The highest BCUT2D eigenvalue weighted by Crippen LogP contribution is 2.58. The van der Waals surface area contributed by atoms with Crippen LogP contribution < -0.4 is 21.3 Å². The minimum atomic E-state index is -2.12. The van der Waals surface area contributed by atoms with Crippen LogP contribution in [0.1, 0.15) is 17.1 Å². The van der Waals surface area contributed by atoms with E-state index in [1.807, 2.05) is 72.8 Å². The van der Waals surface area contributed by atoms with Crippen molar-refractivity contribution in [2.75, 3.05) is 5.43 Å². The first kappa shape index (κ1) is 33.5. The van der Waals surface area contributed by atoms with Gasteiger partial charge in [0.2, 0.25) is 0 Å². The van der Waals surface area contributed by atoms with Crippen molar-refractivity contribution in [2.24, 2.45) is 5.10 Å². The molecule has 50 heavy (non-hydrogen) atoms. The lowest BCUT2D eigenvalue weighted by Gasteiger charge is -2.26. The average molecular weight is 680 g/mol. The predicted molar refractivity (Wildman–Crippen MR) is 202 cm³/mol. The maximum Gasteiger partial charge on any atom is 0.301 e. The molecule has 0 aliphatic heterocycles. The van der Waals surface area contributed by atoms with Crippen LogP contribution in [-0.4, -0.2) is 15.6 Å². The lowest BCUT2D eigenvalue weighted by Crippen LogP contribution is -2.32. The van der Waals surface area contributed by atoms with Gasteiger partial charge in [-0.3, -0.25) is 25.7 Å². The number of nitro benzene ring substituents is 2. The van der Waals surface area contributed by atoms with Crippen molar-refractivity contribution in [1.82, 2.24) is 0 Å². The Hall–Kier alpha value is -6.44. The second kappa shape index (κ2) is 15.6. The van der Waals surface area contributed by atoms with Crippen LogP contribution in [0, 0.1) is 20.2 Å². The number of anilines is 1. The Balaban J connectivity index is 1.27. The summed E-state index contributed by atoms with van der Waals surface area (Å²) in [6.07, 6.45) is 7.97. The summed E-state index contributed by atoms with van der Waals surface area (Å²) >= 11 is 0. The van der Waals surface area contributed by atoms with Crippen LogP contribution in [-0.2, 0) is 6.16 Å². The fourth-order valence-electron chi connectivity index (χ4n) is 5.68. The largest absolute Gasteiger partial charge is 0.458 e. The molecule has 0 saturated carbocycles. The molecular weight excluding hydrogens is 647 g/mol. The molecule has 246 valence electrons. The monoisotopic (exact) mass is 679 g/mol. The lowest BCUT2D eigenvalue weighted by molar-refractivity contribution is -0.393. The smallest absolute Gasteiger partial charge is 0.301 e. The van der Waals surface area contributed by atoms with E-state index in [2.05, 4.69) is 83.3 Å². The molecular formula is C40H32N4O5P+. The quantitative estimate of drug-likeness (QED) is 0.0428. The van der Waals surface area contributed by atoms with Crippen LogP contribution in [0.25, 0.3) is 6.08 Å². The molecule has 0 aliphatic rings. The number of benzene rings is 5. The molecule has 0 saturated heterocycles. The second-order valence-corrected chi connectivity index (χ2v) is 14.7. The number of rotatable bonds is 13. The summed E-state index contributed by atoms with van der Waals surface area (Å²) in [7, 11) is -2.12. The van der Waals surface area contributed by atoms with Crippen LogP contribution in [0.15, 0.2) is 179 Å². The fraction of sp³-hybridized carbons (Fsp3) is 0.0250. The average Bonchev–Trinajstić information content (AvgIpc) is 3.61. The topological polar surface area (TPSA) is 124 Å². The van der Waals surface area contributed by atoms with Crippen LogP contribution in [0.4, 0.5) is 17.1 Å². The summed E-state index contributed by atoms with van der Waals surface area (Å²) in [5.41, 5.74) is 3.17. The Kier molecular flexibility index (Phi) is 10.5. The van der Waals surface area contributed by atoms with Gasteiger partial charge in [0.05, 0.1) is 21.6 Å². The van der Waals surface area contributed by atoms with E-state index in [9.17, 15) is 20.2 Å². The molecule has 0 bridgehead atoms. The summed E-state index contributed by atoms with van der Waals surface area (Å²) in [6, 6.07) is 48.6. The molecule has 0 fully saturated rings. The van der Waals surface area contributed by atoms with Gasteiger partial charge in [-0.1, -0.05) is 97.1 Å². The SMILES string of the molecule is O=[N+]([O-])c1ccc(NN=C(C=CC=Cc2ccc(C[P+](c3ccccc3)(c3ccccc3)c3ccccc3)o2)c2ccccc2)c([N+](=O)[O-])c1.